The van der Waals surface area contributed by atoms with Crippen LogP contribution < -0.4 is 13.8 Å². The number of carbonyl (C=O) groups excluding carboxylic acids is 1. The summed E-state index contributed by atoms with van der Waals surface area (Å²) in [6.45, 7) is 4.33. The molecule has 1 fully saturated rings. The van der Waals surface area contributed by atoms with E-state index in [9.17, 15) is 13.2 Å². The minimum atomic E-state index is -4.03. The van der Waals surface area contributed by atoms with E-state index in [1.807, 2.05) is 0 Å². The highest BCUT2D eigenvalue weighted by Gasteiger charge is 2.23. The molecule has 3 rings (SSSR count). The molecule has 0 saturated carbocycles. The number of hydrogen-bond donors (Lipinski definition) is 0. The molecule has 27 heavy (non-hydrogen) atoms. The molecule has 0 atom stereocenters. The van der Waals surface area contributed by atoms with Crippen LogP contribution in [0.3, 0.4) is 0 Å². The van der Waals surface area contributed by atoms with E-state index in [1.54, 1.807) is 41.3 Å². The second-order valence-corrected chi connectivity index (χ2v) is 7.70. The topological polar surface area (TPSA) is 72.9 Å². The Morgan fingerprint density at radius 3 is 2.48 bits per heavy atom. The van der Waals surface area contributed by atoms with Crippen molar-refractivity contribution < 1.29 is 22.1 Å². The molecule has 142 valence electrons. The highest BCUT2D eigenvalue weighted by atomic mass is 32.2. The largest absolute Gasteiger partial charge is 0.493 e. The van der Waals surface area contributed by atoms with Crippen molar-refractivity contribution in [2.45, 2.75) is 24.2 Å². The number of carbonyl (C=O) groups is 1. The van der Waals surface area contributed by atoms with Crippen LogP contribution in [0, 0.1) is 0 Å². The Bertz CT molecular complexity index is 951. The lowest BCUT2D eigenvalue weighted by atomic mass is 10.1. The lowest BCUT2D eigenvalue weighted by molar-refractivity contribution is -0.117. The molecule has 0 aromatic heterocycles. The fourth-order valence-electron chi connectivity index (χ4n) is 2.95. The zero-order valence-corrected chi connectivity index (χ0v) is 15.9. The van der Waals surface area contributed by atoms with Gasteiger partial charge in [0.1, 0.15) is 4.90 Å². The number of anilines is 1. The molecule has 2 aromatic carbocycles. The van der Waals surface area contributed by atoms with Gasteiger partial charge in [0.15, 0.2) is 11.5 Å². The number of ether oxygens (including phenoxy) is 1. The van der Waals surface area contributed by atoms with Crippen LogP contribution in [0.2, 0.25) is 0 Å². The molecule has 1 saturated heterocycles. The smallest absolute Gasteiger partial charge is 0.339 e. The lowest BCUT2D eigenvalue weighted by Crippen LogP contribution is -2.23. The SMILES string of the molecule is C=CCc1ccc(OS(=O)(=O)c2ccc(N3CCCC3=O)cc2)c(OC)c1. The molecule has 0 unspecified atom stereocenters. The summed E-state index contributed by atoms with van der Waals surface area (Å²) in [4.78, 5) is 13.5. The highest BCUT2D eigenvalue weighted by molar-refractivity contribution is 7.87. The Morgan fingerprint density at radius 1 is 1.15 bits per heavy atom. The van der Waals surface area contributed by atoms with E-state index in [0.29, 0.717) is 30.8 Å². The number of rotatable bonds is 7. The van der Waals surface area contributed by atoms with E-state index in [2.05, 4.69) is 6.58 Å². The molecule has 0 N–H and O–H groups in total. The van der Waals surface area contributed by atoms with Gasteiger partial charge in [-0.2, -0.15) is 8.42 Å². The molecule has 0 bridgehead atoms. The van der Waals surface area contributed by atoms with Crippen LogP contribution in [-0.4, -0.2) is 28.0 Å². The van der Waals surface area contributed by atoms with E-state index in [0.717, 1.165) is 12.0 Å². The van der Waals surface area contributed by atoms with E-state index in [4.69, 9.17) is 8.92 Å². The van der Waals surface area contributed by atoms with Gasteiger partial charge in [-0.05, 0) is 54.8 Å². The predicted molar refractivity (Wildman–Crippen MR) is 103 cm³/mol. The van der Waals surface area contributed by atoms with Crippen LogP contribution in [0.4, 0.5) is 5.69 Å². The fraction of sp³-hybridized carbons (Fsp3) is 0.250. The summed E-state index contributed by atoms with van der Waals surface area (Å²) in [6, 6.07) is 11.1. The molecule has 0 spiro atoms. The summed E-state index contributed by atoms with van der Waals surface area (Å²) in [7, 11) is -2.58. The first kappa shape index (κ1) is 19.0. The lowest BCUT2D eigenvalue weighted by Gasteiger charge is -2.16. The predicted octanol–water partition coefficient (Wildman–Crippen LogP) is 3.32. The number of hydrogen-bond acceptors (Lipinski definition) is 5. The van der Waals surface area contributed by atoms with Crippen molar-refractivity contribution in [2.75, 3.05) is 18.6 Å². The Kier molecular flexibility index (Phi) is 5.51. The second-order valence-electron chi connectivity index (χ2n) is 6.16. The standard InChI is InChI=1S/C20H21NO5S/c1-3-5-15-7-12-18(19(14-15)25-2)26-27(23,24)17-10-8-16(9-11-17)21-13-4-6-20(21)22/h3,7-12,14H,1,4-6,13H2,2H3. The summed E-state index contributed by atoms with van der Waals surface area (Å²) in [5, 5.41) is 0. The first-order valence-corrected chi connectivity index (χ1v) is 9.98. The maximum absolute atomic E-state index is 12.6. The molecule has 1 aliphatic rings. The molecule has 6 nitrogen and oxygen atoms in total. The van der Waals surface area contributed by atoms with Crippen molar-refractivity contribution in [1.82, 2.24) is 0 Å². The third-order valence-electron chi connectivity index (χ3n) is 4.32. The molecule has 1 amide bonds. The molecular weight excluding hydrogens is 366 g/mol. The average molecular weight is 387 g/mol. The molecule has 0 aliphatic carbocycles. The molecule has 1 aliphatic heterocycles. The maximum atomic E-state index is 12.6. The van der Waals surface area contributed by atoms with Crippen molar-refractivity contribution in [3.8, 4) is 11.5 Å². The van der Waals surface area contributed by atoms with Crippen LogP contribution in [-0.2, 0) is 21.3 Å². The zero-order chi connectivity index (χ0) is 19.4. The summed E-state index contributed by atoms with van der Waals surface area (Å²) in [5.41, 5.74) is 1.62. The molecule has 7 heteroatoms. The van der Waals surface area contributed by atoms with Crippen LogP contribution in [0.25, 0.3) is 0 Å². The summed E-state index contributed by atoms with van der Waals surface area (Å²) >= 11 is 0. The van der Waals surface area contributed by atoms with Crippen LogP contribution in [0.1, 0.15) is 18.4 Å². The third kappa shape index (κ3) is 4.14. The molecule has 0 radical (unpaired) electrons. The first-order chi connectivity index (χ1) is 12.9. The number of benzene rings is 2. The summed E-state index contributed by atoms with van der Waals surface area (Å²) in [5.74, 6) is 0.493. The highest BCUT2D eigenvalue weighted by Crippen LogP contribution is 2.31. The van der Waals surface area contributed by atoms with Crippen molar-refractivity contribution in [3.63, 3.8) is 0 Å². The summed E-state index contributed by atoms with van der Waals surface area (Å²) < 4.78 is 35.7. The minimum absolute atomic E-state index is 0.00937. The van der Waals surface area contributed by atoms with Gasteiger partial charge in [-0.15, -0.1) is 6.58 Å². The average Bonchev–Trinajstić information content (AvgIpc) is 3.09. The second kappa shape index (κ2) is 7.84. The third-order valence-corrected chi connectivity index (χ3v) is 5.57. The molecule has 1 heterocycles. The minimum Gasteiger partial charge on any atom is -0.493 e. The molecule has 2 aromatic rings. The van der Waals surface area contributed by atoms with Crippen molar-refractivity contribution >= 4 is 21.7 Å². The van der Waals surface area contributed by atoms with Gasteiger partial charge in [-0.3, -0.25) is 4.79 Å². The van der Waals surface area contributed by atoms with Gasteiger partial charge < -0.3 is 13.8 Å². The van der Waals surface area contributed by atoms with Crippen molar-refractivity contribution in [1.29, 1.82) is 0 Å². The number of methoxy groups -OCH3 is 1. The van der Waals surface area contributed by atoms with Crippen molar-refractivity contribution in [3.05, 3.63) is 60.7 Å². The van der Waals surface area contributed by atoms with Crippen LogP contribution >= 0.6 is 0 Å². The van der Waals surface area contributed by atoms with E-state index >= 15 is 0 Å². The number of nitrogens with zero attached hydrogens (tertiary/aromatic N) is 1. The van der Waals surface area contributed by atoms with Crippen molar-refractivity contribution in [2.24, 2.45) is 0 Å². The normalized spacial score (nSPS) is 14.3. The zero-order valence-electron chi connectivity index (χ0n) is 15.1. The molecular formula is C20H21NO5S. The fourth-order valence-corrected chi connectivity index (χ4v) is 3.89. The van der Waals surface area contributed by atoms with Gasteiger partial charge in [-0.25, -0.2) is 0 Å². The number of amides is 1. The van der Waals surface area contributed by atoms with Crippen LogP contribution in [0.5, 0.6) is 11.5 Å². The van der Waals surface area contributed by atoms with Crippen LogP contribution in [0.15, 0.2) is 60.0 Å². The first-order valence-electron chi connectivity index (χ1n) is 8.57. The monoisotopic (exact) mass is 387 g/mol. The Hall–Kier alpha value is -2.80. The maximum Gasteiger partial charge on any atom is 0.339 e. The quantitative estimate of drug-likeness (QED) is 0.538. The van der Waals surface area contributed by atoms with E-state index < -0.39 is 10.1 Å². The van der Waals surface area contributed by atoms with Gasteiger partial charge in [0.25, 0.3) is 0 Å². The number of allylic oxidation sites excluding steroid dienone is 1. The van der Waals surface area contributed by atoms with Gasteiger partial charge >= 0.3 is 10.1 Å². The Labute approximate surface area is 159 Å². The van der Waals surface area contributed by atoms with Gasteiger partial charge in [0, 0.05) is 18.7 Å². The Morgan fingerprint density at radius 2 is 1.89 bits per heavy atom. The van der Waals surface area contributed by atoms with E-state index in [1.165, 1.54) is 19.2 Å². The summed E-state index contributed by atoms with van der Waals surface area (Å²) in [6.07, 6.45) is 3.72. The van der Waals surface area contributed by atoms with E-state index in [-0.39, 0.29) is 16.6 Å². The van der Waals surface area contributed by atoms with Gasteiger partial charge in [-0.1, -0.05) is 12.1 Å². The van der Waals surface area contributed by atoms with Gasteiger partial charge in [0.2, 0.25) is 5.91 Å². The Balaban J connectivity index is 1.82. The van der Waals surface area contributed by atoms with Gasteiger partial charge in [0.05, 0.1) is 7.11 Å².